The quantitative estimate of drug-likeness (QED) is 0.0610. The third-order valence-corrected chi connectivity index (χ3v) is 4.40. The molecule has 0 aromatic rings. The second-order valence-electron chi connectivity index (χ2n) is 10.9. The van der Waals surface area contributed by atoms with E-state index in [-0.39, 0.29) is 74.5 Å². The highest BCUT2D eigenvalue weighted by Crippen LogP contribution is 1.93. The van der Waals surface area contributed by atoms with Crippen LogP contribution in [0.15, 0.2) is 0 Å². The van der Waals surface area contributed by atoms with Gasteiger partial charge in [-0.15, -0.1) is 0 Å². The summed E-state index contributed by atoms with van der Waals surface area (Å²) in [4.78, 5) is 0. The van der Waals surface area contributed by atoms with E-state index in [4.69, 9.17) is 74.7 Å². The summed E-state index contributed by atoms with van der Waals surface area (Å²) in [5, 5.41) is 85.7. The maximum absolute atomic E-state index is 8.69. The van der Waals surface area contributed by atoms with Gasteiger partial charge in [-0.3, -0.25) is 0 Å². The van der Waals surface area contributed by atoms with E-state index < -0.39 is 30.5 Å². The van der Waals surface area contributed by atoms with Gasteiger partial charge in [-0.1, -0.05) is 0 Å². The Labute approximate surface area is 282 Å². The third-order valence-electron chi connectivity index (χ3n) is 4.40. The van der Waals surface area contributed by atoms with E-state index >= 15 is 0 Å². The van der Waals surface area contributed by atoms with E-state index in [0.717, 1.165) is 0 Å². The van der Waals surface area contributed by atoms with Crippen molar-refractivity contribution in [3.8, 4) is 0 Å². The van der Waals surface area contributed by atoms with Crippen molar-refractivity contribution in [1.82, 2.24) is 0 Å². The smallest absolute Gasteiger partial charge is 0.0779 e. The molecule has 17 nitrogen and oxygen atoms in total. The van der Waals surface area contributed by atoms with Gasteiger partial charge in [0.1, 0.15) is 0 Å². The molecular weight excluding hydrogens is 632 g/mol. The Kier molecular flexibility index (Phi) is 59.3. The molecule has 10 atom stereocenters. The number of hydrogen-bond acceptors (Lipinski definition) is 15. The predicted molar refractivity (Wildman–Crippen MR) is 178 cm³/mol. The summed E-state index contributed by atoms with van der Waals surface area (Å²) in [5.41, 5.74) is 0. The maximum atomic E-state index is 8.69. The molecule has 47 heavy (non-hydrogen) atoms. The molecule has 10 unspecified atom stereocenters. The van der Waals surface area contributed by atoms with E-state index in [1.807, 2.05) is 0 Å². The maximum Gasteiger partial charge on any atom is 0.0779 e. The van der Waals surface area contributed by atoms with Crippen LogP contribution in [0.5, 0.6) is 0 Å². The van der Waals surface area contributed by atoms with Crippen LogP contribution in [-0.4, -0.2) is 189 Å². The zero-order valence-electron chi connectivity index (χ0n) is 30.4. The average Bonchev–Trinajstić information content (AvgIpc) is 2.99. The molecule has 0 amide bonds. The highest BCUT2D eigenvalue weighted by molar-refractivity contribution is 4.50. The van der Waals surface area contributed by atoms with Crippen LogP contribution in [0.2, 0.25) is 0 Å². The Morgan fingerprint density at radius 3 is 0.468 bits per heavy atom. The first-order valence-corrected chi connectivity index (χ1v) is 15.4. The summed E-state index contributed by atoms with van der Waals surface area (Å²) in [7, 11) is 0. The van der Waals surface area contributed by atoms with Crippen molar-refractivity contribution in [2.24, 2.45) is 0 Å². The first-order chi connectivity index (χ1) is 20.8. The van der Waals surface area contributed by atoms with Crippen LogP contribution < -0.4 is 0 Å². The van der Waals surface area contributed by atoms with Crippen LogP contribution in [0.1, 0.15) is 69.2 Å². The van der Waals surface area contributed by atoms with E-state index in [2.05, 4.69) is 0 Å². The Morgan fingerprint density at radius 1 is 0.298 bits per heavy atom. The lowest BCUT2D eigenvalue weighted by Crippen LogP contribution is -2.19. The minimum Gasteiger partial charge on any atom is -0.412 e. The summed E-state index contributed by atoms with van der Waals surface area (Å²) >= 11 is 0. The fourth-order valence-corrected chi connectivity index (χ4v) is 1.78. The lowest BCUT2D eigenvalue weighted by atomic mass is 10.4. The molecule has 0 saturated heterocycles. The number of rotatable bonds is 20. The molecule has 0 heterocycles. The number of aliphatic hydroxyl groups is 10. The lowest BCUT2D eigenvalue weighted by molar-refractivity contribution is -0.0177. The Hall–Kier alpha value is -0.680. The summed E-state index contributed by atoms with van der Waals surface area (Å²) in [6.07, 6.45) is -3.06. The van der Waals surface area contributed by atoms with Crippen LogP contribution in [0.3, 0.4) is 0 Å². The van der Waals surface area contributed by atoms with Crippen molar-refractivity contribution in [3.63, 3.8) is 0 Å². The average molecular weight is 707 g/mol. The molecule has 0 radical (unpaired) electrons. The zero-order chi connectivity index (χ0) is 36.4. The van der Waals surface area contributed by atoms with Crippen molar-refractivity contribution in [1.29, 1.82) is 0 Å². The number of aliphatic hydroxyl groups excluding tert-OH is 10. The monoisotopic (exact) mass is 706 g/mol. The minimum atomic E-state index is -0.445. The van der Waals surface area contributed by atoms with Gasteiger partial charge in [0.2, 0.25) is 0 Å². The number of hydrogen-bond donors (Lipinski definition) is 10. The third kappa shape index (κ3) is 72.2. The van der Waals surface area contributed by atoms with Crippen molar-refractivity contribution in [2.45, 2.75) is 130 Å². The van der Waals surface area contributed by atoms with Gasteiger partial charge in [-0.05, 0) is 69.2 Å². The molecular formula is C30H74O17. The van der Waals surface area contributed by atoms with Crippen molar-refractivity contribution >= 4 is 0 Å². The first kappa shape index (κ1) is 61.5. The first-order valence-electron chi connectivity index (χ1n) is 15.4. The van der Waals surface area contributed by atoms with E-state index in [0.29, 0.717) is 33.0 Å². The van der Waals surface area contributed by atoms with Crippen molar-refractivity contribution in [2.75, 3.05) is 66.1 Å². The fourth-order valence-electron chi connectivity index (χ4n) is 1.78. The topological polar surface area (TPSA) is 311 Å². The normalized spacial score (nSPS) is 16.6. The van der Waals surface area contributed by atoms with E-state index in [9.17, 15) is 0 Å². The lowest BCUT2D eigenvalue weighted by Gasteiger charge is -2.10. The fraction of sp³-hybridized carbons (Fsp3) is 1.00. The predicted octanol–water partition coefficient (Wildman–Crippen LogP) is -2.83. The van der Waals surface area contributed by atoms with Gasteiger partial charge in [-0.2, -0.15) is 0 Å². The second-order valence-corrected chi connectivity index (χ2v) is 10.9. The summed E-state index contributed by atoms with van der Waals surface area (Å²) in [6.45, 7) is 18.5. The summed E-state index contributed by atoms with van der Waals surface area (Å²) in [6, 6.07) is 0. The van der Waals surface area contributed by atoms with E-state index in [1.54, 1.807) is 69.2 Å². The van der Waals surface area contributed by atoms with Crippen LogP contribution in [-0.2, 0) is 23.7 Å². The molecule has 0 rings (SSSR count). The largest absolute Gasteiger partial charge is 0.412 e. The van der Waals surface area contributed by atoms with Gasteiger partial charge in [-0.25, -0.2) is 0 Å². The van der Waals surface area contributed by atoms with Gasteiger partial charge in [0.15, 0.2) is 0 Å². The Bertz CT molecular complexity index is 424. The second kappa shape index (κ2) is 45.3. The standard InChI is InChI=1S/5C6H14O3.2H2O/c5*1-5(8)4-9-6(2)3-7;;/h5*5-8H,3-4H2,1-2H3;2*1H2. The Morgan fingerprint density at radius 2 is 0.404 bits per heavy atom. The Balaban J connectivity index is -0.0000000842. The van der Waals surface area contributed by atoms with Crippen LogP contribution >= 0.6 is 0 Å². The summed E-state index contributed by atoms with van der Waals surface area (Å²) in [5.74, 6) is 0. The SMILES string of the molecule is CC(O)COC(C)CO.CC(O)COC(C)CO.CC(O)COC(C)CO.CC(O)COC(C)CO.CC(O)COC(C)CO.O.O. The molecule has 0 saturated carbocycles. The van der Waals surface area contributed by atoms with Crippen molar-refractivity contribution in [3.05, 3.63) is 0 Å². The van der Waals surface area contributed by atoms with Crippen LogP contribution in [0, 0.1) is 0 Å². The minimum absolute atomic E-state index is 0. The molecule has 14 N–H and O–H groups in total. The molecule has 0 aromatic carbocycles. The van der Waals surface area contributed by atoms with Gasteiger partial charge in [0.25, 0.3) is 0 Å². The van der Waals surface area contributed by atoms with Gasteiger partial charge in [0, 0.05) is 0 Å². The van der Waals surface area contributed by atoms with Crippen LogP contribution in [0.25, 0.3) is 0 Å². The van der Waals surface area contributed by atoms with Gasteiger partial charge in [0.05, 0.1) is 127 Å². The molecule has 17 heteroatoms. The molecule has 0 bridgehead atoms. The molecule has 0 aliphatic rings. The molecule has 0 spiro atoms. The molecule has 296 valence electrons. The highest BCUT2D eigenvalue weighted by atomic mass is 16.5. The zero-order valence-corrected chi connectivity index (χ0v) is 30.4. The molecule has 0 aliphatic carbocycles. The van der Waals surface area contributed by atoms with E-state index in [1.165, 1.54) is 0 Å². The number of ether oxygens (including phenoxy) is 5. The van der Waals surface area contributed by atoms with Crippen LogP contribution in [0.4, 0.5) is 0 Å². The van der Waals surface area contributed by atoms with Gasteiger partial charge < -0.3 is 85.7 Å². The highest BCUT2D eigenvalue weighted by Gasteiger charge is 2.03. The summed E-state index contributed by atoms with van der Waals surface area (Å²) < 4.78 is 24.8. The molecule has 0 aromatic heterocycles. The molecule has 0 fully saturated rings. The van der Waals surface area contributed by atoms with Crippen molar-refractivity contribution < 1.29 is 85.7 Å². The van der Waals surface area contributed by atoms with Gasteiger partial charge >= 0.3 is 0 Å². The molecule has 0 aliphatic heterocycles.